The molecule has 0 amide bonds. The monoisotopic (exact) mass is 384 g/mol. The Kier molecular flexibility index (Phi) is 6.28. The highest BCUT2D eigenvalue weighted by molar-refractivity contribution is 5.95. The van der Waals surface area contributed by atoms with Gasteiger partial charge in [-0.25, -0.2) is 0 Å². The molecule has 0 aromatic rings. The van der Waals surface area contributed by atoms with Crippen LogP contribution in [0.2, 0.25) is 0 Å². The molecule has 4 N–H and O–H groups in total. The van der Waals surface area contributed by atoms with E-state index in [0.29, 0.717) is 12.8 Å². The van der Waals surface area contributed by atoms with Crippen molar-refractivity contribution in [2.75, 3.05) is 13.2 Å². The van der Waals surface area contributed by atoms with Gasteiger partial charge in [0, 0.05) is 30.3 Å². The van der Waals surface area contributed by atoms with Crippen molar-refractivity contribution in [1.82, 2.24) is 0 Å². The lowest BCUT2D eigenvalue weighted by Gasteiger charge is -2.61. The van der Waals surface area contributed by atoms with Crippen molar-refractivity contribution in [2.24, 2.45) is 35.0 Å². The zero-order chi connectivity index (χ0) is 20.8. The Labute approximate surface area is 162 Å². The van der Waals surface area contributed by atoms with Gasteiger partial charge in [0.25, 0.3) is 0 Å². The summed E-state index contributed by atoms with van der Waals surface area (Å²) in [5.74, 6) is -2.33. The molecule has 6 nitrogen and oxygen atoms in total. The van der Waals surface area contributed by atoms with Crippen molar-refractivity contribution in [1.29, 1.82) is 0 Å². The van der Waals surface area contributed by atoms with E-state index in [9.17, 15) is 30.0 Å². The summed E-state index contributed by atoms with van der Waals surface area (Å²) in [4.78, 5) is 26.6. The van der Waals surface area contributed by atoms with Gasteiger partial charge in [0.15, 0.2) is 5.78 Å². The van der Waals surface area contributed by atoms with Crippen LogP contribution >= 0.6 is 0 Å². The normalized spacial score (nSPS) is 46.0. The van der Waals surface area contributed by atoms with Gasteiger partial charge in [0.1, 0.15) is 11.4 Å². The second kappa shape index (κ2) is 7.54. The first kappa shape index (κ1) is 22.5. The molecule has 0 heterocycles. The fourth-order valence-electron chi connectivity index (χ4n) is 6.57. The lowest BCUT2D eigenvalue weighted by molar-refractivity contribution is -0.208. The first-order valence-corrected chi connectivity index (χ1v) is 10.1. The van der Waals surface area contributed by atoms with E-state index in [4.69, 9.17) is 0 Å². The second-order valence-electron chi connectivity index (χ2n) is 9.45. The van der Waals surface area contributed by atoms with E-state index in [1.165, 1.54) is 6.92 Å². The lowest BCUT2D eigenvalue weighted by atomic mass is 9.42. The third-order valence-electron chi connectivity index (χ3n) is 7.58. The van der Waals surface area contributed by atoms with E-state index in [0.717, 1.165) is 0 Å². The molecule has 8 atom stereocenters. The summed E-state index contributed by atoms with van der Waals surface area (Å²) in [6.45, 7) is 8.43. The minimum Gasteiger partial charge on any atom is -0.396 e. The smallest absolute Gasteiger partial charge is 0.167 e. The highest BCUT2D eigenvalue weighted by Crippen LogP contribution is 2.61. The van der Waals surface area contributed by atoms with Crippen LogP contribution < -0.4 is 0 Å². The molecule has 156 valence electrons. The number of hydrogen-bond acceptors (Lipinski definition) is 6. The van der Waals surface area contributed by atoms with Gasteiger partial charge in [0.2, 0.25) is 0 Å². The van der Waals surface area contributed by atoms with E-state index >= 15 is 0 Å². The second-order valence-corrected chi connectivity index (χ2v) is 9.45. The summed E-state index contributed by atoms with van der Waals surface area (Å²) in [5.41, 5.74) is -4.07. The van der Waals surface area contributed by atoms with E-state index < -0.39 is 35.1 Å². The molecule has 6 heteroatoms. The first-order valence-electron chi connectivity index (χ1n) is 10.1. The molecule has 0 spiro atoms. The molecule has 2 saturated carbocycles. The lowest BCUT2D eigenvalue weighted by Crippen LogP contribution is -2.69. The predicted octanol–water partition coefficient (Wildman–Crippen LogP) is 1.33. The number of ketones is 2. The molecule has 2 aliphatic carbocycles. The fraction of sp³-hybridized carbons (Fsp3) is 0.905. The maximum atomic E-state index is 13.3. The maximum Gasteiger partial charge on any atom is 0.167 e. The van der Waals surface area contributed by atoms with E-state index in [1.807, 2.05) is 27.7 Å². The Hall–Kier alpha value is -0.820. The summed E-state index contributed by atoms with van der Waals surface area (Å²) in [6.07, 6.45) is 1.04. The highest BCUT2D eigenvalue weighted by atomic mass is 16.3. The van der Waals surface area contributed by atoms with Gasteiger partial charge in [-0.05, 0) is 37.5 Å². The van der Waals surface area contributed by atoms with Gasteiger partial charge in [-0.15, -0.1) is 0 Å². The van der Waals surface area contributed by atoms with Gasteiger partial charge in [0.05, 0.1) is 12.2 Å². The van der Waals surface area contributed by atoms with Crippen LogP contribution in [0.3, 0.4) is 0 Å². The Morgan fingerprint density at radius 1 is 1.22 bits per heavy atom. The molecule has 0 bridgehead atoms. The van der Waals surface area contributed by atoms with Gasteiger partial charge in [-0.1, -0.05) is 34.1 Å². The van der Waals surface area contributed by atoms with Gasteiger partial charge >= 0.3 is 0 Å². The Balaban J connectivity index is 2.67. The predicted molar refractivity (Wildman–Crippen MR) is 101 cm³/mol. The number of rotatable bonds is 6. The fourth-order valence-corrected chi connectivity index (χ4v) is 6.57. The van der Waals surface area contributed by atoms with E-state index in [2.05, 4.69) is 0 Å². The van der Waals surface area contributed by atoms with Gasteiger partial charge in [-0.3, -0.25) is 9.59 Å². The molecule has 0 saturated heterocycles. The van der Waals surface area contributed by atoms with Gasteiger partial charge < -0.3 is 20.4 Å². The zero-order valence-corrected chi connectivity index (χ0v) is 17.2. The molecule has 0 aromatic carbocycles. The maximum absolute atomic E-state index is 13.3. The third-order valence-corrected chi connectivity index (χ3v) is 7.58. The van der Waals surface area contributed by atoms with Crippen LogP contribution in [0.15, 0.2) is 0 Å². The largest absolute Gasteiger partial charge is 0.396 e. The molecule has 0 aromatic heterocycles. The number of aliphatic hydroxyl groups excluding tert-OH is 2. The standard InChI is InChI=1S/C21H36O6/c1-6-12(2)17-19(4,15(24)7-8-22)16-13(3)9-21(27,11-23)10-14(16)18(25)20(17,5)26/h12-14,16-17,22-23,26-27H,6-11H2,1-5H3. The molecular formula is C21H36O6. The van der Waals surface area contributed by atoms with Crippen LogP contribution in [0.4, 0.5) is 0 Å². The van der Waals surface area contributed by atoms with Crippen LogP contribution in [0, 0.1) is 35.0 Å². The summed E-state index contributed by atoms with van der Waals surface area (Å²) >= 11 is 0. The van der Waals surface area contributed by atoms with Crippen molar-refractivity contribution in [2.45, 2.75) is 71.5 Å². The van der Waals surface area contributed by atoms with Crippen LogP contribution in [0.25, 0.3) is 0 Å². The van der Waals surface area contributed by atoms with Crippen LogP contribution in [0.5, 0.6) is 0 Å². The molecule has 2 rings (SSSR count). The van der Waals surface area contributed by atoms with E-state index in [1.54, 1.807) is 0 Å². The molecule has 2 aliphatic rings. The minimum absolute atomic E-state index is 0.0199. The molecule has 0 aliphatic heterocycles. The minimum atomic E-state index is -1.70. The summed E-state index contributed by atoms with van der Waals surface area (Å²) in [7, 11) is 0. The topological polar surface area (TPSA) is 115 Å². The molecule has 2 fully saturated rings. The number of carbonyl (C=O) groups excluding carboxylic acids is 2. The number of carbonyl (C=O) groups is 2. The quantitative estimate of drug-likeness (QED) is 0.549. The van der Waals surface area contributed by atoms with Crippen LogP contribution in [-0.2, 0) is 9.59 Å². The summed E-state index contributed by atoms with van der Waals surface area (Å²) in [6, 6.07) is 0. The molecule has 8 unspecified atom stereocenters. The first-order chi connectivity index (χ1) is 12.4. The van der Waals surface area contributed by atoms with Crippen molar-refractivity contribution < 1.29 is 30.0 Å². The van der Waals surface area contributed by atoms with Crippen LogP contribution in [-0.4, -0.2) is 56.4 Å². The summed E-state index contributed by atoms with van der Waals surface area (Å²) < 4.78 is 0. The SMILES string of the molecule is CCC(C)C1C(C)(O)C(=O)C2CC(O)(CO)CC(C)C2C1(C)C(=O)CCO. The number of hydrogen-bond donors (Lipinski definition) is 4. The number of Topliss-reactive ketones (excluding diaryl/α,β-unsaturated/α-hetero) is 2. The number of aliphatic hydroxyl groups is 4. The van der Waals surface area contributed by atoms with E-state index in [-0.39, 0.29) is 48.8 Å². The van der Waals surface area contributed by atoms with Crippen molar-refractivity contribution in [3.63, 3.8) is 0 Å². The highest BCUT2D eigenvalue weighted by Gasteiger charge is 2.67. The Morgan fingerprint density at radius 2 is 1.81 bits per heavy atom. The summed E-state index contributed by atoms with van der Waals surface area (Å²) in [5, 5.41) is 41.1. The number of fused-ring (bicyclic) bond motifs is 1. The van der Waals surface area contributed by atoms with Crippen molar-refractivity contribution >= 4 is 11.6 Å². The molecular weight excluding hydrogens is 348 g/mol. The Morgan fingerprint density at radius 3 is 2.30 bits per heavy atom. The molecule has 27 heavy (non-hydrogen) atoms. The third kappa shape index (κ3) is 3.39. The Bertz CT molecular complexity index is 587. The molecule has 0 radical (unpaired) electrons. The van der Waals surface area contributed by atoms with Crippen molar-refractivity contribution in [3.8, 4) is 0 Å². The van der Waals surface area contributed by atoms with Crippen LogP contribution in [0.1, 0.15) is 60.3 Å². The van der Waals surface area contributed by atoms with Crippen molar-refractivity contribution in [3.05, 3.63) is 0 Å². The zero-order valence-electron chi connectivity index (χ0n) is 17.2. The average molecular weight is 385 g/mol. The van der Waals surface area contributed by atoms with Gasteiger partial charge in [-0.2, -0.15) is 0 Å². The average Bonchev–Trinajstić information content (AvgIpc) is 2.59.